The highest BCUT2D eigenvalue weighted by Crippen LogP contribution is 2.33. The molecule has 1 unspecified atom stereocenters. The molecule has 0 aromatic heterocycles. The van der Waals surface area contributed by atoms with Crippen LogP contribution in [-0.2, 0) is 4.79 Å². The van der Waals surface area contributed by atoms with Crippen molar-refractivity contribution in [2.45, 2.75) is 38.6 Å². The minimum absolute atomic E-state index is 0.0764. The Labute approximate surface area is 166 Å². The van der Waals surface area contributed by atoms with E-state index in [1.54, 1.807) is 0 Å². The summed E-state index contributed by atoms with van der Waals surface area (Å²) in [6.07, 6.45) is 2.22. The second-order valence-electron chi connectivity index (χ2n) is 7.97. The Morgan fingerprint density at radius 3 is 2.75 bits per heavy atom. The van der Waals surface area contributed by atoms with E-state index in [9.17, 15) is 4.79 Å². The fourth-order valence-electron chi connectivity index (χ4n) is 4.32. The van der Waals surface area contributed by atoms with Gasteiger partial charge in [0.1, 0.15) is 19.3 Å². The van der Waals surface area contributed by atoms with Crippen LogP contribution in [0, 0.1) is 0 Å². The van der Waals surface area contributed by atoms with Gasteiger partial charge in [-0.25, -0.2) is 0 Å². The molecule has 0 spiro atoms. The van der Waals surface area contributed by atoms with Crippen molar-refractivity contribution in [3.8, 4) is 11.5 Å². The van der Waals surface area contributed by atoms with Crippen molar-refractivity contribution in [1.82, 2.24) is 0 Å². The maximum Gasteiger partial charge on any atom is 0.279 e. The molecule has 2 atom stereocenters. The lowest BCUT2D eigenvalue weighted by atomic mass is 10.0. The Hall–Kier alpha value is -2.53. The van der Waals surface area contributed by atoms with Gasteiger partial charge in [-0.3, -0.25) is 4.79 Å². The molecule has 4 rings (SSSR count). The minimum atomic E-state index is 0.0764. The van der Waals surface area contributed by atoms with Gasteiger partial charge >= 0.3 is 0 Å². The molecule has 2 aliphatic heterocycles. The van der Waals surface area contributed by atoms with Gasteiger partial charge in [-0.15, -0.1) is 0 Å². The van der Waals surface area contributed by atoms with Gasteiger partial charge in [0.2, 0.25) is 0 Å². The lowest BCUT2D eigenvalue weighted by Gasteiger charge is -2.24. The van der Waals surface area contributed by atoms with E-state index in [4.69, 9.17) is 9.47 Å². The fraction of sp³-hybridized carbons (Fsp3) is 0.435. The summed E-state index contributed by atoms with van der Waals surface area (Å²) in [4.78, 5) is 14.1. The van der Waals surface area contributed by atoms with Crippen molar-refractivity contribution in [2.75, 3.05) is 31.6 Å². The molecule has 5 heteroatoms. The standard InChI is InChI=1S/C23H28N2O3/c1-16(2)18-6-3-4-7-19(18)24-23(26)15-25-11-5-8-20(25)17-9-10-21-22(14-17)28-13-12-27-21/h3-4,6-7,9-10,14,16,20H,5,8,11-13,15H2,1-2H3,(H,24,26)/p+1/t20-/m0/s1. The van der Waals surface area contributed by atoms with Crippen LogP contribution in [0.3, 0.4) is 0 Å². The van der Waals surface area contributed by atoms with E-state index in [-0.39, 0.29) is 5.91 Å². The number of benzene rings is 2. The number of hydrogen-bond acceptors (Lipinski definition) is 3. The number of rotatable bonds is 5. The van der Waals surface area contributed by atoms with E-state index in [0.717, 1.165) is 36.6 Å². The highest BCUT2D eigenvalue weighted by atomic mass is 16.6. The molecule has 1 saturated heterocycles. The van der Waals surface area contributed by atoms with E-state index in [2.05, 4.69) is 37.4 Å². The summed E-state index contributed by atoms with van der Waals surface area (Å²) in [5, 5.41) is 3.14. The van der Waals surface area contributed by atoms with Crippen LogP contribution in [0.2, 0.25) is 0 Å². The number of carbonyl (C=O) groups is 1. The van der Waals surface area contributed by atoms with Crippen molar-refractivity contribution in [3.63, 3.8) is 0 Å². The molecule has 1 fully saturated rings. The second-order valence-corrected chi connectivity index (χ2v) is 7.97. The quantitative estimate of drug-likeness (QED) is 0.837. The summed E-state index contributed by atoms with van der Waals surface area (Å²) in [6, 6.07) is 14.6. The number of carbonyl (C=O) groups excluding carboxylic acids is 1. The first-order chi connectivity index (χ1) is 13.6. The van der Waals surface area contributed by atoms with E-state index in [1.807, 2.05) is 24.3 Å². The molecule has 5 nitrogen and oxygen atoms in total. The zero-order valence-corrected chi connectivity index (χ0v) is 16.7. The smallest absolute Gasteiger partial charge is 0.279 e. The Balaban J connectivity index is 1.45. The number of anilines is 1. The molecule has 148 valence electrons. The van der Waals surface area contributed by atoms with Crippen LogP contribution >= 0.6 is 0 Å². The van der Waals surface area contributed by atoms with E-state index in [1.165, 1.54) is 16.0 Å². The van der Waals surface area contributed by atoms with E-state index in [0.29, 0.717) is 31.7 Å². The number of para-hydroxylation sites is 1. The van der Waals surface area contributed by atoms with Crippen molar-refractivity contribution < 1.29 is 19.2 Å². The SMILES string of the molecule is CC(C)c1ccccc1NC(=O)C[NH+]1CCC[C@H]1c1ccc2c(c1)OCCO2. The summed E-state index contributed by atoms with van der Waals surface area (Å²) in [5.74, 6) is 2.09. The van der Waals surface area contributed by atoms with E-state index < -0.39 is 0 Å². The molecule has 28 heavy (non-hydrogen) atoms. The topological polar surface area (TPSA) is 52.0 Å². The second kappa shape index (κ2) is 8.23. The first-order valence-corrected chi connectivity index (χ1v) is 10.2. The monoisotopic (exact) mass is 381 g/mol. The minimum Gasteiger partial charge on any atom is -0.486 e. The first-order valence-electron chi connectivity index (χ1n) is 10.2. The van der Waals surface area contributed by atoms with Crippen molar-refractivity contribution in [1.29, 1.82) is 0 Å². The normalized spacial score (nSPS) is 21.0. The molecule has 2 aromatic carbocycles. The van der Waals surface area contributed by atoms with Crippen LogP contribution in [0.4, 0.5) is 5.69 Å². The predicted molar refractivity (Wildman–Crippen MR) is 109 cm³/mol. The van der Waals surface area contributed by atoms with Gasteiger partial charge in [-0.2, -0.15) is 0 Å². The van der Waals surface area contributed by atoms with Crippen LogP contribution in [0.1, 0.15) is 49.8 Å². The third-order valence-electron chi connectivity index (χ3n) is 5.70. The summed E-state index contributed by atoms with van der Waals surface area (Å²) >= 11 is 0. The largest absolute Gasteiger partial charge is 0.486 e. The van der Waals surface area contributed by atoms with Gasteiger partial charge in [0, 0.05) is 24.1 Å². The lowest BCUT2D eigenvalue weighted by Crippen LogP contribution is -3.11. The Morgan fingerprint density at radius 2 is 1.93 bits per heavy atom. The zero-order chi connectivity index (χ0) is 19.5. The van der Waals surface area contributed by atoms with Crippen molar-refractivity contribution in [3.05, 3.63) is 53.6 Å². The van der Waals surface area contributed by atoms with Crippen LogP contribution in [0.25, 0.3) is 0 Å². The fourth-order valence-corrected chi connectivity index (χ4v) is 4.32. The number of nitrogens with one attached hydrogen (secondary N) is 2. The van der Waals surface area contributed by atoms with Gasteiger partial charge in [-0.1, -0.05) is 32.0 Å². The third-order valence-corrected chi connectivity index (χ3v) is 5.70. The Kier molecular flexibility index (Phi) is 5.53. The van der Waals surface area contributed by atoms with Gasteiger partial charge in [0.05, 0.1) is 6.54 Å². The van der Waals surface area contributed by atoms with Crippen molar-refractivity contribution in [2.24, 2.45) is 0 Å². The predicted octanol–water partition coefficient (Wildman–Crippen LogP) is 2.94. The molecule has 2 aliphatic rings. The number of likely N-dealkylation sites (tertiary alicyclic amines) is 1. The summed E-state index contributed by atoms with van der Waals surface area (Å²) in [6.45, 7) is 6.98. The van der Waals surface area contributed by atoms with Crippen LogP contribution in [-0.4, -0.2) is 32.2 Å². The maximum atomic E-state index is 12.8. The Bertz CT molecular complexity index is 849. The summed E-state index contributed by atoms with van der Waals surface area (Å²) in [5.41, 5.74) is 3.33. The molecule has 1 amide bonds. The number of ether oxygens (including phenoxy) is 2. The van der Waals surface area contributed by atoms with Crippen LogP contribution < -0.4 is 19.7 Å². The summed E-state index contributed by atoms with van der Waals surface area (Å²) < 4.78 is 11.4. The van der Waals surface area contributed by atoms with Gasteiger partial charge in [0.25, 0.3) is 5.91 Å². The molecule has 0 bridgehead atoms. The molecule has 0 radical (unpaired) electrons. The van der Waals surface area contributed by atoms with Gasteiger partial charge < -0.3 is 19.7 Å². The number of quaternary nitrogens is 1. The lowest BCUT2D eigenvalue weighted by molar-refractivity contribution is -0.910. The molecule has 2 N–H and O–H groups in total. The molecule has 0 aliphatic carbocycles. The average Bonchev–Trinajstić information content (AvgIpc) is 3.15. The number of fused-ring (bicyclic) bond motifs is 1. The molecule has 2 aromatic rings. The third kappa shape index (κ3) is 3.99. The average molecular weight is 381 g/mol. The van der Waals surface area contributed by atoms with Gasteiger partial charge in [-0.05, 0) is 35.7 Å². The van der Waals surface area contributed by atoms with Crippen molar-refractivity contribution >= 4 is 11.6 Å². The maximum absolute atomic E-state index is 12.8. The van der Waals surface area contributed by atoms with E-state index >= 15 is 0 Å². The number of amides is 1. The zero-order valence-electron chi connectivity index (χ0n) is 16.7. The first kappa shape index (κ1) is 18.8. The molecular weight excluding hydrogens is 352 g/mol. The number of hydrogen-bond donors (Lipinski definition) is 2. The van der Waals surface area contributed by atoms with Crippen LogP contribution in [0.5, 0.6) is 11.5 Å². The molecule has 2 heterocycles. The van der Waals surface area contributed by atoms with Crippen LogP contribution in [0.15, 0.2) is 42.5 Å². The molecule has 0 saturated carbocycles. The molecular formula is C23H29N2O3+. The Morgan fingerprint density at radius 1 is 1.14 bits per heavy atom. The van der Waals surface area contributed by atoms with Gasteiger partial charge in [0.15, 0.2) is 18.0 Å². The summed E-state index contributed by atoms with van der Waals surface area (Å²) in [7, 11) is 0. The highest BCUT2D eigenvalue weighted by Gasteiger charge is 2.32. The highest BCUT2D eigenvalue weighted by molar-refractivity contribution is 5.92.